The Kier molecular flexibility index (Phi) is 4.94. The molecule has 0 radical (unpaired) electrons. The Morgan fingerprint density at radius 3 is 2.71 bits per heavy atom. The first kappa shape index (κ1) is 15.5. The van der Waals surface area contributed by atoms with E-state index in [2.05, 4.69) is 5.32 Å². The molecule has 3 atom stereocenters. The van der Waals surface area contributed by atoms with Gasteiger partial charge in [0.15, 0.2) is 0 Å². The summed E-state index contributed by atoms with van der Waals surface area (Å²) in [4.78, 5) is 22.9. The number of halogens is 1. The number of carbonyl (C=O) groups is 2. The molecule has 1 unspecified atom stereocenters. The third-order valence-electron chi connectivity index (χ3n) is 4.07. The average molecular weight is 293 g/mol. The highest BCUT2D eigenvalue weighted by Crippen LogP contribution is 2.26. The maximum atomic E-state index is 13.6. The largest absolute Gasteiger partial charge is 0.481 e. The van der Waals surface area contributed by atoms with Crippen LogP contribution in [0.4, 0.5) is 4.39 Å². The van der Waals surface area contributed by atoms with E-state index in [-0.39, 0.29) is 36.0 Å². The smallest absolute Gasteiger partial charge is 0.306 e. The van der Waals surface area contributed by atoms with E-state index in [1.165, 1.54) is 6.07 Å². The molecule has 0 saturated heterocycles. The van der Waals surface area contributed by atoms with Crippen LogP contribution in [0.15, 0.2) is 24.3 Å². The van der Waals surface area contributed by atoms with E-state index in [1.54, 1.807) is 18.2 Å². The Hall–Kier alpha value is -1.91. The molecule has 0 heterocycles. The van der Waals surface area contributed by atoms with E-state index >= 15 is 0 Å². The van der Waals surface area contributed by atoms with Gasteiger partial charge in [-0.1, -0.05) is 25.1 Å². The summed E-state index contributed by atoms with van der Waals surface area (Å²) < 4.78 is 13.6. The van der Waals surface area contributed by atoms with Crippen LogP contribution < -0.4 is 5.32 Å². The Bertz CT molecular complexity index is 532. The van der Waals surface area contributed by atoms with Gasteiger partial charge in [0, 0.05) is 12.5 Å². The first-order valence-electron chi connectivity index (χ1n) is 7.24. The summed E-state index contributed by atoms with van der Waals surface area (Å²) in [7, 11) is 0. The SMILES string of the molecule is CC(CC(=O)N[C@@H]1CC[C@H](C(=O)O)C1)c1ccccc1F. The Balaban J connectivity index is 1.85. The molecule has 2 rings (SSSR count). The van der Waals surface area contributed by atoms with Gasteiger partial charge in [0.05, 0.1) is 5.92 Å². The number of benzene rings is 1. The molecule has 1 aromatic rings. The van der Waals surface area contributed by atoms with Gasteiger partial charge >= 0.3 is 5.97 Å². The standard InChI is InChI=1S/C16H20FNO3/c1-10(13-4-2-3-5-14(13)17)8-15(19)18-12-7-6-11(9-12)16(20)21/h2-5,10-12H,6-9H2,1H3,(H,18,19)(H,20,21)/t10?,11-,12+/m0/s1. The van der Waals surface area contributed by atoms with Crippen molar-refractivity contribution >= 4 is 11.9 Å². The van der Waals surface area contributed by atoms with Crippen molar-refractivity contribution in [3.63, 3.8) is 0 Å². The molecular formula is C16H20FNO3. The van der Waals surface area contributed by atoms with Crippen molar-refractivity contribution in [3.8, 4) is 0 Å². The summed E-state index contributed by atoms with van der Waals surface area (Å²) in [5.74, 6) is -1.82. The van der Waals surface area contributed by atoms with Gasteiger partial charge in [-0.2, -0.15) is 0 Å². The number of amides is 1. The molecule has 1 amide bonds. The van der Waals surface area contributed by atoms with Crippen molar-refractivity contribution in [3.05, 3.63) is 35.6 Å². The van der Waals surface area contributed by atoms with Gasteiger partial charge in [0.25, 0.3) is 0 Å². The van der Waals surface area contributed by atoms with E-state index in [0.717, 1.165) is 0 Å². The molecule has 5 heteroatoms. The molecule has 1 fully saturated rings. The van der Waals surface area contributed by atoms with Crippen LogP contribution >= 0.6 is 0 Å². The number of rotatable bonds is 5. The molecule has 1 aliphatic carbocycles. The van der Waals surface area contributed by atoms with Gasteiger partial charge in [-0.15, -0.1) is 0 Å². The predicted molar refractivity (Wildman–Crippen MR) is 76.3 cm³/mol. The van der Waals surface area contributed by atoms with Crippen LogP contribution in [0.1, 0.15) is 44.1 Å². The summed E-state index contributed by atoms with van der Waals surface area (Å²) in [5, 5.41) is 11.8. The lowest BCUT2D eigenvalue weighted by atomic mass is 9.97. The Labute approximate surface area is 123 Å². The average Bonchev–Trinajstić information content (AvgIpc) is 2.87. The van der Waals surface area contributed by atoms with Crippen molar-refractivity contribution in [1.82, 2.24) is 5.32 Å². The fourth-order valence-corrected chi connectivity index (χ4v) is 2.89. The number of carboxylic acids is 1. The van der Waals surface area contributed by atoms with Gasteiger partial charge in [0.2, 0.25) is 5.91 Å². The maximum Gasteiger partial charge on any atom is 0.306 e. The third kappa shape index (κ3) is 4.03. The Morgan fingerprint density at radius 2 is 2.10 bits per heavy atom. The van der Waals surface area contributed by atoms with Crippen LogP contribution in [0.25, 0.3) is 0 Å². The zero-order valence-corrected chi connectivity index (χ0v) is 12.0. The summed E-state index contributed by atoms with van der Waals surface area (Å²) in [6.45, 7) is 1.81. The van der Waals surface area contributed by atoms with Crippen LogP contribution in [-0.4, -0.2) is 23.0 Å². The fraction of sp³-hybridized carbons (Fsp3) is 0.500. The molecule has 4 nitrogen and oxygen atoms in total. The van der Waals surface area contributed by atoms with Gasteiger partial charge in [-0.25, -0.2) is 4.39 Å². The lowest BCUT2D eigenvalue weighted by Gasteiger charge is -2.16. The zero-order chi connectivity index (χ0) is 15.4. The number of hydrogen-bond acceptors (Lipinski definition) is 2. The minimum atomic E-state index is -0.800. The highest BCUT2D eigenvalue weighted by molar-refractivity contribution is 5.77. The van der Waals surface area contributed by atoms with E-state index in [0.29, 0.717) is 24.8 Å². The van der Waals surface area contributed by atoms with Crippen molar-refractivity contribution in [1.29, 1.82) is 0 Å². The molecule has 0 spiro atoms. The molecule has 21 heavy (non-hydrogen) atoms. The summed E-state index contributed by atoms with van der Waals surface area (Å²) >= 11 is 0. The fourth-order valence-electron chi connectivity index (χ4n) is 2.89. The van der Waals surface area contributed by atoms with Gasteiger partial charge < -0.3 is 10.4 Å². The lowest BCUT2D eigenvalue weighted by molar-refractivity contribution is -0.141. The van der Waals surface area contributed by atoms with Crippen LogP contribution in [0.2, 0.25) is 0 Å². The topological polar surface area (TPSA) is 66.4 Å². The van der Waals surface area contributed by atoms with E-state index in [9.17, 15) is 14.0 Å². The second kappa shape index (κ2) is 6.70. The number of carboxylic acid groups (broad SMARTS) is 1. The highest BCUT2D eigenvalue weighted by Gasteiger charge is 2.30. The van der Waals surface area contributed by atoms with Crippen LogP contribution in [0.3, 0.4) is 0 Å². The highest BCUT2D eigenvalue weighted by atomic mass is 19.1. The first-order chi connectivity index (χ1) is 9.97. The van der Waals surface area contributed by atoms with Crippen LogP contribution in [0.5, 0.6) is 0 Å². The number of carbonyl (C=O) groups excluding carboxylic acids is 1. The van der Waals surface area contributed by atoms with Crippen LogP contribution in [-0.2, 0) is 9.59 Å². The van der Waals surface area contributed by atoms with Crippen molar-refractivity contribution < 1.29 is 19.1 Å². The zero-order valence-electron chi connectivity index (χ0n) is 12.0. The predicted octanol–water partition coefficient (Wildman–Crippen LogP) is 2.69. The molecule has 114 valence electrons. The summed E-state index contributed by atoms with van der Waals surface area (Å²) in [6.07, 6.45) is 1.98. The third-order valence-corrected chi connectivity index (χ3v) is 4.07. The Morgan fingerprint density at radius 1 is 1.38 bits per heavy atom. The minimum Gasteiger partial charge on any atom is -0.481 e. The summed E-state index contributed by atoms with van der Waals surface area (Å²) in [5.41, 5.74) is 0.530. The molecule has 2 N–H and O–H groups in total. The number of nitrogens with one attached hydrogen (secondary N) is 1. The molecule has 0 aromatic heterocycles. The van der Waals surface area contributed by atoms with Gasteiger partial charge in [0.1, 0.15) is 5.82 Å². The van der Waals surface area contributed by atoms with Gasteiger partial charge in [-0.3, -0.25) is 9.59 Å². The molecule has 1 aliphatic rings. The van der Waals surface area contributed by atoms with Crippen LogP contribution in [0, 0.1) is 11.7 Å². The van der Waals surface area contributed by atoms with E-state index in [1.807, 2.05) is 6.92 Å². The van der Waals surface area contributed by atoms with Crippen molar-refractivity contribution in [2.75, 3.05) is 0 Å². The second-order valence-corrected chi connectivity index (χ2v) is 5.74. The van der Waals surface area contributed by atoms with Crippen molar-refractivity contribution in [2.24, 2.45) is 5.92 Å². The number of aliphatic carboxylic acids is 1. The van der Waals surface area contributed by atoms with E-state index in [4.69, 9.17) is 5.11 Å². The second-order valence-electron chi connectivity index (χ2n) is 5.74. The number of hydrogen-bond donors (Lipinski definition) is 2. The lowest BCUT2D eigenvalue weighted by Crippen LogP contribution is -2.34. The molecule has 1 aromatic carbocycles. The molecular weight excluding hydrogens is 273 g/mol. The molecule has 0 bridgehead atoms. The minimum absolute atomic E-state index is 0.0774. The summed E-state index contributed by atoms with van der Waals surface area (Å²) in [6, 6.07) is 6.37. The first-order valence-corrected chi connectivity index (χ1v) is 7.24. The van der Waals surface area contributed by atoms with E-state index < -0.39 is 5.97 Å². The van der Waals surface area contributed by atoms with Gasteiger partial charge in [-0.05, 0) is 36.8 Å². The molecule has 1 saturated carbocycles. The maximum absolute atomic E-state index is 13.6. The van der Waals surface area contributed by atoms with Crippen molar-refractivity contribution in [2.45, 2.75) is 44.6 Å². The normalized spacial score (nSPS) is 22.8. The quantitative estimate of drug-likeness (QED) is 0.877. The monoisotopic (exact) mass is 293 g/mol. The molecule has 0 aliphatic heterocycles.